The van der Waals surface area contributed by atoms with Gasteiger partial charge in [0.15, 0.2) is 0 Å². The Morgan fingerprint density at radius 2 is 2.25 bits per heavy atom. The Hall–Kier alpha value is -0.620. The van der Waals surface area contributed by atoms with E-state index in [0.717, 1.165) is 12.8 Å². The molecular formula is C14H20ClNO3S. The molecule has 1 aromatic carbocycles. The SMILES string of the molecule is CCOCC1CCCN(S(=O)(=O)c2cccc(Cl)c2)C1. The maximum Gasteiger partial charge on any atom is 0.243 e. The predicted molar refractivity (Wildman–Crippen MR) is 79.4 cm³/mol. The van der Waals surface area contributed by atoms with Crippen LogP contribution < -0.4 is 0 Å². The van der Waals surface area contributed by atoms with Gasteiger partial charge in [0.05, 0.1) is 11.5 Å². The van der Waals surface area contributed by atoms with E-state index in [2.05, 4.69) is 0 Å². The van der Waals surface area contributed by atoms with Crippen molar-refractivity contribution in [2.75, 3.05) is 26.3 Å². The van der Waals surface area contributed by atoms with Gasteiger partial charge in [-0.2, -0.15) is 4.31 Å². The average molecular weight is 318 g/mol. The molecule has 0 bridgehead atoms. The fourth-order valence-corrected chi connectivity index (χ4v) is 4.30. The largest absolute Gasteiger partial charge is 0.381 e. The molecule has 0 amide bonds. The Labute approximate surface area is 125 Å². The van der Waals surface area contributed by atoms with E-state index in [1.165, 1.54) is 6.07 Å². The average Bonchev–Trinajstić information content (AvgIpc) is 2.45. The molecule has 1 atom stereocenters. The topological polar surface area (TPSA) is 46.6 Å². The van der Waals surface area contributed by atoms with Gasteiger partial charge in [0, 0.05) is 24.7 Å². The van der Waals surface area contributed by atoms with Crippen LogP contribution in [0, 0.1) is 5.92 Å². The number of rotatable bonds is 5. The van der Waals surface area contributed by atoms with Crippen LogP contribution in [0.15, 0.2) is 29.2 Å². The van der Waals surface area contributed by atoms with Crippen LogP contribution in [0.1, 0.15) is 19.8 Å². The first kappa shape index (κ1) is 15.8. The van der Waals surface area contributed by atoms with E-state index in [1.54, 1.807) is 22.5 Å². The molecule has 2 rings (SSSR count). The molecule has 1 saturated heterocycles. The first-order valence-corrected chi connectivity index (χ1v) is 8.69. The first-order chi connectivity index (χ1) is 9.54. The summed E-state index contributed by atoms with van der Waals surface area (Å²) in [6.07, 6.45) is 1.89. The Kier molecular flexibility index (Phi) is 5.43. The summed E-state index contributed by atoms with van der Waals surface area (Å²) < 4.78 is 32.1. The fourth-order valence-electron chi connectivity index (χ4n) is 2.44. The Bertz CT molecular complexity index is 547. The summed E-state index contributed by atoms with van der Waals surface area (Å²) in [6.45, 7) is 4.32. The smallest absolute Gasteiger partial charge is 0.243 e. The van der Waals surface area contributed by atoms with Crippen LogP contribution in [0.25, 0.3) is 0 Å². The van der Waals surface area contributed by atoms with Gasteiger partial charge in [-0.3, -0.25) is 0 Å². The zero-order valence-corrected chi connectivity index (χ0v) is 13.2. The van der Waals surface area contributed by atoms with E-state index in [9.17, 15) is 8.42 Å². The summed E-state index contributed by atoms with van der Waals surface area (Å²) in [6, 6.07) is 6.43. The van der Waals surface area contributed by atoms with Gasteiger partial charge in [0.1, 0.15) is 0 Å². The van der Waals surface area contributed by atoms with Crippen molar-refractivity contribution in [3.8, 4) is 0 Å². The van der Waals surface area contributed by atoms with Gasteiger partial charge in [0.2, 0.25) is 10.0 Å². The van der Waals surface area contributed by atoms with Crippen molar-refractivity contribution >= 4 is 21.6 Å². The van der Waals surface area contributed by atoms with Crippen molar-refractivity contribution in [3.63, 3.8) is 0 Å². The van der Waals surface area contributed by atoms with E-state index >= 15 is 0 Å². The number of halogens is 1. The molecule has 1 fully saturated rings. The summed E-state index contributed by atoms with van der Waals surface area (Å²) in [5.74, 6) is 0.276. The van der Waals surface area contributed by atoms with Crippen LogP contribution in [0.4, 0.5) is 0 Å². The third-order valence-corrected chi connectivity index (χ3v) is 5.57. The second-order valence-corrected chi connectivity index (χ2v) is 7.36. The minimum absolute atomic E-state index is 0.266. The number of hydrogen-bond donors (Lipinski definition) is 0. The van der Waals surface area contributed by atoms with Gasteiger partial charge in [-0.05, 0) is 43.9 Å². The van der Waals surface area contributed by atoms with Gasteiger partial charge in [0.25, 0.3) is 0 Å². The molecule has 0 radical (unpaired) electrons. The molecule has 1 aliphatic rings. The van der Waals surface area contributed by atoms with E-state index in [-0.39, 0.29) is 10.8 Å². The van der Waals surface area contributed by atoms with E-state index in [0.29, 0.717) is 31.3 Å². The van der Waals surface area contributed by atoms with Crippen LogP contribution in [-0.4, -0.2) is 39.0 Å². The lowest BCUT2D eigenvalue weighted by molar-refractivity contribution is 0.0864. The molecule has 112 valence electrons. The third-order valence-electron chi connectivity index (χ3n) is 3.47. The maximum absolute atomic E-state index is 12.6. The Balaban J connectivity index is 2.13. The number of hydrogen-bond acceptors (Lipinski definition) is 3. The third kappa shape index (κ3) is 3.73. The lowest BCUT2D eigenvalue weighted by Crippen LogP contribution is -2.41. The molecule has 0 spiro atoms. The molecule has 0 N–H and O–H groups in total. The van der Waals surface area contributed by atoms with Gasteiger partial charge in [-0.15, -0.1) is 0 Å². The van der Waals surface area contributed by atoms with Crippen molar-refractivity contribution in [1.82, 2.24) is 4.31 Å². The van der Waals surface area contributed by atoms with E-state index in [4.69, 9.17) is 16.3 Å². The lowest BCUT2D eigenvalue weighted by Gasteiger charge is -2.31. The number of piperidine rings is 1. The second-order valence-electron chi connectivity index (χ2n) is 4.99. The molecule has 1 aliphatic heterocycles. The molecule has 1 unspecified atom stereocenters. The van der Waals surface area contributed by atoms with Crippen LogP contribution in [0.2, 0.25) is 5.02 Å². The summed E-state index contributed by atoms with van der Waals surface area (Å²) in [4.78, 5) is 0.266. The molecule has 6 heteroatoms. The first-order valence-electron chi connectivity index (χ1n) is 6.87. The lowest BCUT2D eigenvalue weighted by atomic mass is 10.0. The maximum atomic E-state index is 12.6. The Morgan fingerprint density at radius 3 is 2.95 bits per heavy atom. The van der Waals surface area contributed by atoms with Crippen molar-refractivity contribution in [1.29, 1.82) is 0 Å². The van der Waals surface area contributed by atoms with Gasteiger partial charge in [-0.25, -0.2) is 8.42 Å². The van der Waals surface area contributed by atoms with Crippen molar-refractivity contribution in [2.24, 2.45) is 5.92 Å². The highest BCUT2D eigenvalue weighted by Crippen LogP contribution is 2.25. The number of sulfonamides is 1. The summed E-state index contributed by atoms with van der Waals surface area (Å²) in [7, 11) is -3.45. The highest BCUT2D eigenvalue weighted by atomic mass is 35.5. The van der Waals surface area contributed by atoms with Gasteiger partial charge < -0.3 is 4.74 Å². The molecule has 0 saturated carbocycles. The standard InChI is InChI=1S/C14H20ClNO3S/c1-2-19-11-12-5-4-8-16(10-12)20(17,18)14-7-3-6-13(15)9-14/h3,6-7,9,12H,2,4-5,8,10-11H2,1H3. The van der Waals surface area contributed by atoms with Gasteiger partial charge >= 0.3 is 0 Å². The predicted octanol–water partition coefficient (Wildman–Crippen LogP) is 2.78. The fraction of sp³-hybridized carbons (Fsp3) is 0.571. The molecule has 1 aromatic rings. The summed E-state index contributed by atoms with van der Waals surface area (Å²) in [5.41, 5.74) is 0. The molecule has 4 nitrogen and oxygen atoms in total. The van der Waals surface area contributed by atoms with E-state index in [1.807, 2.05) is 6.92 Å². The van der Waals surface area contributed by atoms with Crippen LogP contribution in [0.5, 0.6) is 0 Å². The minimum Gasteiger partial charge on any atom is -0.381 e. The number of nitrogens with zero attached hydrogens (tertiary/aromatic N) is 1. The van der Waals surface area contributed by atoms with Crippen LogP contribution in [-0.2, 0) is 14.8 Å². The second kappa shape index (κ2) is 6.89. The molecule has 1 heterocycles. The van der Waals surface area contributed by atoms with E-state index < -0.39 is 10.0 Å². The number of benzene rings is 1. The van der Waals surface area contributed by atoms with Crippen molar-refractivity contribution < 1.29 is 13.2 Å². The zero-order valence-electron chi connectivity index (χ0n) is 11.6. The zero-order chi connectivity index (χ0) is 14.6. The highest BCUT2D eigenvalue weighted by molar-refractivity contribution is 7.89. The van der Waals surface area contributed by atoms with Crippen molar-refractivity contribution in [2.45, 2.75) is 24.7 Å². The summed E-state index contributed by atoms with van der Waals surface area (Å²) in [5, 5.41) is 0.439. The molecule has 0 aliphatic carbocycles. The molecule has 20 heavy (non-hydrogen) atoms. The van der Waals surface area contributed by atoms with Crippen LogP contribution >= 0.6 is 11.6 Å². The number of ether oxygens (including phenoxy) is 1. The van der Waals surface area contributed by atoms with Gasteiger partial charge in [-0.1, -0.05) is 17.7 Å². The highest BCUT2D eigenvalue weighted by Gasteiger charge is 2.30. The monoisotopic (exact) mass is 317 g/mol. The molecular weight excluding hydrogens is 298 g/mol. The minimum atomic E-state index is -3.45. The normalized spacial score (nSPS) is 21.0. The molecule has 0 aromatic heterocycles. The Morgan fingerprint density at radius 1 is 1.45 bits per heavy atom. The van der Waals surface area contributed by atoms with Crippen LogP contribution in [0.3, 0.4) is 0 Å². The van der Waals surface area contributed by atoms with Crippen molar-refractivity contribution in [3.05, 3.63) is 29.3 Å². The quantitative estimate of drug-likeness (QED) is 0.839. The summed E-state index contributed by atoms with van der Waals surface area (Å²) >= 11 is 5.88.